The van der Waals surface area contributed by atoms with Crippen molar-refractivity contribution < 1.29 is 9.53 Å². The van der Waals surface area contributed by atoms with Gasteiger partial charge in [-0.3, -0.25) is 4.79 Å². The highest BCUT2D eigenvalue weighted by molar-refractivity contribution is 6.01. The summed E-state index contributed by atoms with van der Waals surface area (Å²) >= 11 is 0. The summed E-state index contributed by atoms with van der Waals surface area (Å²) < 4.78 is 5.17. The second-order valence-electron chi connectivity index (χ2n) is 4.74. The summed E-state index contributed by atoms with van der Waals surface area (Å²) in [5, 5.41) is 4.13. The monoisotopic (exact) mass is 282 g/mol. The summed E-state index contributed by atoms with van der Waals surface area (Å²) in [6.07, 6.45) is 0. The van der Waals surface area contributed by atoms with Gasteiger partial charge in [-0.05, 0) is 38.1 Å². The van der Waals surface area contributed by atoms with Crippen LogP contribution >= 0.6 is 0 Å². The summed E-state index contributed by atoms with van der Waals surface area (Å²) in [5.74, 6) is 0.532. The predicted molar refractivity (Wildman–Crippen MR) is 83.9 cm³/mol. The van der Waals surface area contributed by atoms with E-state index in [9.17, 15) is 4.79 Å². The van der Waals surface area contributed by atoms with E-state index in [1.165, 1.54) is 0 Å². The van der Waals surface area contributed by atoms with E-state index in [-0.39, 0.29) is 5.91 Å². The van der Waals surface area contributed by atoms with Crippen molar-refractivity contribution in [3.63, 3.8) is 0 Å². The largest absolute Gasteiger partial charge is 0.497 e. The summed E-state index contributed by atoms with van der Waals surface area (Å²) in [7, 11) is 1.62. The minimum Gasteiger partial charge on any atom is -0.497 e. The van der Waals surface area contributed by atoms with Crippen LogP contribution in [0.15, 0.2) is 53.6 Å². The number of aryl methyl sites for hydroxylation is 1. The van der Waals surface area contributed by atoms with Crippen LogP contribution in [0.4, 0.5) is 0 Å². The van der Waals surface area contributed by atoms with Crippen LogP contribution < -0.4 is 10.2 Å². The first-order valence-electron chi connectivity index (χ1n) is 6.66. The topological polar surface area (TPSA) is 50.7 Å². The molecule has 0 aliphatic heterocycles. The molecule has 0 radical (unpaired) electrons. The maximum Gasteiger partial charge on any atom is 0.271 e. The van der Waals surface area contributed by atoms with Gasteiger partial charge in [0.15, 0.2) is 0 Å². The lowest BCUT2D eigenvalue weighted by atomic mass is 10.1. The number of nitrogens with zero attached hydrogens (tertiary/aromatic N) is 1. The number of methoxy groups -OCH3 is 1. The SMILES string of the molecule is COc1cccc(/C(C)=N/NC(=O)c2ccc(C)cc2)c1. The van der Waals surface area contributed by atoms with E-state index in [4.69, 9.17) is 4.74 Å². The number of carbonyl (C=O) groups excluding carboxylic acids is 1. The Bertz CT molecular complexity index is 661. The number of hydrogen-bond acceptors (Lipinski definition) is 3. The number of rotatable bonds is 4. The number of hydrazone groups is 1. The molecule has 1 amide bonds. The molecule has 0 fully saturated rings. The van der Waals surface area contributed by atoms with Crippen LogP contribution in [0.1, 0.15) is 28.4 Å². The number of amides is 1. The number of ether oxygens (including phenoxy) is 1. The van der Waals surface area contributed by atoms with Crippen molar-refractivity contribution in [2.45, 2.75) is 13.8 Å². The smallest absolute Gasteiger partial charge is 0.271 e. The second kappa shape index (κ2) is 6.70. The lowest BCUT2D eigenvalue weighted by molar-refractivity contribution is 0.0955. The minimum absolute atomic E-state index is 0.225. The quantitative estimate of drug-likeness (QED) is 0.691. The van der Waals surface area contributed by atoms with E-state index in [2.05, 4.69) is 10.5 Å². The fourth-order valence-electron chi connectivity index (χ4n) is 1.82. The summed E-state index contributed by atoms with van der Waals surface area (Å²) in [5.41, 5.74) is 5.88. The fraction of sp³-hybridized carbons (Fsp3) is 0.176. The first kappa shape index (κ1) is 14.8. The lowest BCUT2D eigenvalue weighted by Crippen LogP contribution is -2.19. The Morgan fingerprint density at radius 3 is 2.48 bits per heavy atom. The Balaban J connectivity index is 2.09. The highest BCUT2D eigenvalue weighted by Gasteiger charge is 2.05. The molecule has 0 bridgehead atoms. The van der Waals surface area contributed by atoms with Crippen molar-refractivity contribution in [1.29, 1.82) is 0 Å². The van der Waals surface area contributed by atoms with Gasteiger partial charge in [-0.2, -0.15) is 5.10 Å². The molecule has 0 heterocycles. The standard InChI is InChI=1S/C17H18N2O2/c1-12-7-9-14(10-8-12)17(20)19-18-13(2)15-5-4-6-16(11-15)21-3/h4-11H,1-3H3,(H,19,20)/b18-13+. The zero-order valence-electron chi connectivity index (χ0n) is 12.4. The van der Waals surface area contributed by atoms with Crippen molar-refractivity contribution in [3.05, 3.63) is 65.2 Å². The fourth-order valence-corrected chi connectivity index (χ4v) is 1.82. The molecule has 0 unspecified atom stereocenters. The Kier molecular flexibility index (Phi) is 4.72. The molecule has 2 aromatic rings. The molecule has 0 aliphatic rings. The maximum atomic E-state index is 12.0. The molecule has 2 rings (SSSR count). The predicted octanol–water partition coefficient (Wildman–Crippen LogP) is 3.16. The first-order valence-corrected chi connectivity index (χ1v) is 6.66. The van der Waals surface area contributed by atoms with Crippen molar-refractivity contribution >= 4 is 11.6 Å². The van der Waals surface area contributed by atoms with Gasteiger partial charge in [-0.1, -0.05) is 29.8 Å². The molecule has 0 saturated heterocycles. The van der Waals surface area contributed by atoms with Gasteiger partial charge in [0.1, 0.15) is 5.75 Å². The van der Waals surface area contributed by atoms with Gasteiger partial charge in [-0.25, -0.2) is 5.43 Å². The Morgan fingerprint density at radius 2 is 1.81 bits per heavy atom. The van der Waals surface area contributed by atoms with Crippen LogP contribution in [0, 0.1) is 6.92 Å². The zero-order valence-corrected chi connectivity index (χ0v) is 12.4. The zero-order chi connectivity index (χ0) is 15.2. The number of benzene rings is 2. The third kappa shape index (κ3) is 3.92. The van der Waals surface area contributed by atoms with Gasteiger partial charge in [0.05, 0.1) is 12.8 Å². The Labute approximate surface area is 124 Å². The Hall–Kier alpha value is -2.62. The van der Waals surface area contributed by atoms with Crippen molar-refractivity contribution in [3.8, 4) is 5.75 Å². The summed E-state index contributed by atoms with van der Waals surface area (Å²) in [6.45, 7) is 3.82. The Morgan fingerprint density at radius 1 is 1.10 bits per heavy atom. The normalized spacial score (nSPS) is 11.1. The van der Waals surface area contributed by atoms with Crippen molar-refractivity contribution in [2.24, 2.45) is 5.10 Å². The highest BCUT2D eigenvalue weighted by Crippen LogP contribution is 2.13. The van der Waals surface area contributed by atoms with Gasteiger partial charge in [0.25, 0.3) is 5.91 Å². The van der Waals surface area contributed by atoms with Crippen LogP contribution in [-0.4, -0.2) is 18.7 Å². The lowest BCUT2D eigenvalue weighted by Gasteiger charge is -2.05. The molecular formula is C17H18N2O2. The van der Waals surface area contributed by atoms with Crippen molar-refractivity contribution in [1.82, 2.24) is 5.43 Å². The molecule has 21 heavy (non-hydrogen) atoms. The van der Waals surface area contributed by atoms with Gasteiger partial charge in [-0.15, -0.1) is 0 Å². The molecule has 4 nitrogen and oxygen atoms in total. The van der Waals surface area contributed by atoms with Gasteiger partial charge in [0, 0.05) is 11.1 Å². The van der Waals surface area contributed by atoms with Crippen molar-refractivity contribution in [2.75, 3.05) is 7.11 Å². The third-order valence-electron chi connectivity index (χ3n) is 3.13. The van der Waals surface area contributed by atoms with Crippen LogP contribution in [0.5, 0.6) is 5.75 Å². The number of carbonyl (C=O) groups is 1. The first-order chi connectivity index (χ1) is 10.1. The van der Waals surface area contributed by atoms with Crippen LogP contribution in [0.3, 0.4) is 0 Å². The van der Waals surface area contributed by atoms with E-state index in [0.29, 0.717) is 5.56 Å². The van der Waals surface area contributed by atoms with E-state index in [1.54, 1.807) is 19.2 Å². The molecule has 108 valence electrons. The molecule has 0 aromatic heterocycles. The average Bonchev–Trinajstić information content (AvgIpc) is 2.53. The molecule has 0 aliphatic carbocycles. The van der Waals surface area contributed by atoms with Gasteiger partial charge >= 0.3 is 0 Å². The minimum atomic E-state index is -0.225. The van der Waals surface area contributed by atoms with E-state index in [0.717, 1.165) is 22.6 Å². The van der Waals surface area contributed by atoms with Crippen LogP contribution in [0.25, 0.3) is 0 Å². The van der Waals surface area contributed by atoms with E-state index < -0.39 is 0 Å². The molecule has 0 spiro atoms. The van der Waals surface area contributed by atoms with E-state index >= 15 is 0 Å². The molecule has 1 N–H and O–H groups in total. The average molecular weight is 282 g/mol. The summed E-state index contributed by atoms with van der Waals surface area (Å²) in [4.78, 5) is 12.0. The summed E-state index contributed by atoms with van der Waals surface area (Å²) in [6, 6.07) is 14.9. The van der Waals surface area contributed by atoms with E-state index in [1.807, 2.05) is 50.2 Å². The van der Waals surface area contributed by atoms with Gasteiger partial charge in [0.2, 0.25) is 0 Å². The molecule has 0 saturated carbocycles. The maximum absolute atomic E-state index is 12.0. The molecular weight excluding hydrogens is 264 g/mol. The third-order valence-corrected chi connectivity index (χ3v) is 3.13. The second-order valence-corrected chi connectivity index (χ2v) is 4.74. The van der Waals surface area contributed by atoms with Crippen LogP contribution in [0.2, 0.25) is 0 Å². The number of nitrogens with one attached hydrogen (secondary N) is 1. The molecule has 0 atom stereocenters. The van der Waals surface area contributed by atoms with Crippen LogP contribution in [-0.2, 0) is 0 Å². The molecule has 4 heteroatoms. The highest BCUT2D eigenvalue weighted by atomic mass is 16.5. The van der Waals surface area contributed by atoms with Gasteiger partial charge < -0.3 is 4.74 Å². The molecule has 2 aromatic carbocycles. The number of hydrogen-bond donors (Lipinski definition) is 1.